The molecule has 0 saturated heterocycles. The fraction of sp³-hybridized carbons (Fsp3) is 0.250. The maximum Gasteiger partial charge on any atom is 0.248 e. The lowest BCUT2D eigenvalue weighted by atomic mass is 10.1. The summed E-state index contributed by atoms with van der Waals surface area (Å²) in [6.07, 6.45) is 4.29. The van der Waals surface area contributed by atoms with E-state index in [4.69, 9.17) is 4.42 Å². The smallest absolute Gasteiger partial charge is 0.248 e. The molecule has 25 heavy (non-hydrogen) atoms. The lowest BCUT2D eigenvalue weighted by molar-refractivity contribution is -0.119. The van der Waals surface area contributed by atoms with E-state index in [-0.39, 0.29) is 11.8 Å². The topological polar surface area (TPSA) is 68.0 Å². The summed E-state index contributed by atoms with van der Waals surface area (Å²) in [5.41, 5.74) is 2.51. The maximum absolute atomic E-state index is 12.2. The number of benzene rings is 2. The van der Waals surface area contributed by atoms with Crippen molar-refractivity contribution in [3.63, 3.8) is 0 Å². The van der Waals surface area contributed by atoms with Crippen molar-refractivity contribution in [3.05, 3.63) is 54.6 Å². The number of aromatic nitrogens is 2. The Labute approximate surface area is 146 Å². The van der Waals surface area contributed by atoms with Gasteiger partial charge in [0.05, 0.1) is 0 Å². The van der Waals surface area contributed by atoms with Crippen LogP contribution in [0.4, 0.5) is 5.69 Å². The van der Waals surface area contributed by atoms with Crippen molar-refractivity contribution in [1.29, 1.82) is 0 Å². The van der Waals surface area contributed by atoms with Gasteiger partial charge in [-0.3, -0.25) is 4.79 Å². The van der Waals surface area contributed by atoms with E-state index in [0.29, 0.717) is 11.8 Å². The Morgan fingerprint density at radius 1 is 0.880 bits per heavy atom. The van der Waals surface area contributed by atoms with Gasteiger partial charge in [-0.2, -0.15) is 0 Å². The first kappa shape index (κ1) is 15.6. The molecule has 3 aromatic rings. The Morgan fingerprint density at radius 3 is 2.12 bits per heavy atom. The number of carbonyl (C=O) groups is 1. The van der Waals surface area contributed by atoms with Crippen molar-refractivity contribution in [1.82, 2.24) is 10.2 Å². The van der Waals surface area contributed by atoms with Crippen LogP contribution in [0, 0.1) is 5.92 Å². The first-order valence-electron chi connectivity index (χ1n) is 8.60. The molecule has 0 unspecified atom stereocenters. The lowest BCUT2D eigenvalue weighted by Gasteiger charge is -2.10. The predicted octanol–water partition coefficient (Wildman–Crippen LogP) is 4.53. The molecule has 1 aliphatic carbocycles. The minimum absolute atomic E-state index is 0.120. The molecule has 0 radical (unpaired) electrons. The second-order valence-corrected chi connectivity index (χ2v) is 6.33. The Kier molecular flexibility index (Phi) is 4.29. The van der Waals surface area contributed by atoms with Gasteiger partial charge < -0.3 is 9.73 Å². The molecule has 1 aliphatic rings. The second kappa shape index (κ2) is 6.89. The summed E-state index contributed by atoms with van der Waals surface area (Å²) in [5.74, 6) is 1.24. The van der Waals surface area contributed by atoms with Gasteiger partial charge in [0.15, 0.2) is 0 Å². The highest BCUT2D eigenvalue weighted by Crippen LogP contribution is 2.27. The number of anilines is 1. The molecule has 1 amide bonds. The van der Waals surface area contributed by atoms with Crippen LogP contribution in [-0.2, 0) is 4.79 Å². The Hall–Kier alpha value is -2.95. The molecule has 0 bridgehead atoms. The van der Waals surface area contributed by atoms with Crippen LogP contribution < -0.4 is 5.32 Å². The average Bonchev–Trinajstić information content (AvgIpc) is 3.35. The highest BCUT2D eigenvalue weighted by atomic mass is 16.4. The predicted molar refractivity (Wildman–Crippen MR) is 95.8 cm³/mol. The van der Waals surface area contributed by atoms with E-state index in [1.165, 1.54) is 0 Å². The zero-order chi connectivity index (χ0) is 17.1. The molecule has 1 saturated carbocycles. The van der Waals surface area contributed by atoms with E-state index in [9.17, 15) is 4.79 Å². The summed E-state index contributed by atoms with van der Waals surface area (Å²) >= 11 is 0. The number of carbonyl (C=O) groups excluding carboxylic acids is 1. The zero-order valence-corrected chi connectivity index (χ0v) is 13.8. The van der Waals surface area contributed by atoms with E-state index >= 15 is 0 Å². The average molecular weight is 333 g/mol. The molecule has 0 atom stereocenters. The molecule has 4 rings (SSSR count). The summed E-state index contributed by atoms with van der Waals surface area (Å²) < 4.78 is 5.75. The first-order chi connectivity index (χ1) is 12.3. The van der Waals surface area contributed by atoms with Crippen LogP contribution in [0.3, 0.4) is 0 Å². The minimum atomic E-state index is 0.120. The van der Waals surface area contributed by atoms with E-state index in [1.54, 1.807) is 0 Å². The molecule has 0 aliphatic heterocycles. The van der Waals surface area contributed by atoms with Gasteiger partial charge in [0.2, 0.25) is 17.7 Å². The van der Waals surface area contributed by atoms with Crippen LogP contribution in [0.5, 0.6) is 0 Å². The Balaban J connectivity index is 1.47. The molecular weight excluding hydrogens is 314 g/mol. The van der Waals surface area contributed by atoms with Crippen molar-refractivity contribution in [2.75, 3.05) is 5.32 Å². The van der Waals surface area contributed by atoms with Gasteiger partial charge in [-0.1, -0.05) is 31.0 Å². The van der Waals surface area contributed by atoms with Gasteiger partial charge in [-0.15, -0.1) is 10.2 Å². The largest absolute Gasteiger partial charge is 0.416 e. The number of nitrogens with zero attached hydrogens (tertiary/aromatic N) is 2. The van der Waals surface area contributed by atoms with Crippen LogP contribution in [0.15, 0.2) is 59.0 Å². The third-order valence-electron chi connectivity index (χ3n) is 4.57. The second-order valence-electron chi connectivity index (χ2n) is 6.33. The quantitative estimate of drug-likeness (QED) is 0.761. The normalized spacial score (nSPS) is 14.6. The molecule has 0 spiro atoms. The molecule has 1 fully saturated rings. The monoisotopic (exact) mass is 333 g/mol. The number of hydrogen-bond acceptors (Lipinski definition) is 4. The van der Waals surface area contributed by atoms with E-state index < -0.39 is 0 Å². The number of rotatable bonds is 4. The van der Waals surface area contributed by atoms with Gasteiger partial charge >= 0.3 is 0 Å². The maximum atomic E-state index is 12.2. The molecule has 1 aromatic heterocycles. The Morgan fingerprint density at radius 2 is 1.48 bits per heavy atom. The summed E-state index contributed by atoms with van der Waals surface area (Å²) in [6.45, 7) is 0. The number of amides is 1. The van der Waals surface area contributed by atoms with Crippen molar-refractivity contribution < 1.29 is 9.21 Å². The summed E-state index contributed by atoms with van der Waals surface area (Å²) in [5, 5.41) is 11.2. The molecule has 2 aromatic carbocycles. The van der Waals surface area contributed by atoms with Gasteiger partial charge in [0, 0.05) is 22.7 Å². The van der Waals surface area contributed by atoms with Crippen LogP contribution >= 0.6 is 0 Å². The minimum Gasteiger partial charge on any atom is -0.416 e. The fourth-order valence-corrected chi connectivity index (χ4v) is 3.17. The SMILES string of the molecule is O=C(Nc1ccc(-c2nnc(-c3ccccc3)o2)cc1)C1CCCC1. The summed E-state index contributed by atoms with van der Waals surface area (Å²) in [7, 11) is 0. The molecule has 1 heterocycles. The van der Waals surface area contributed by atoms with Gasteiger partial charge in [-0.25, -0.2) is 0 Å². The van der Waals surface area contributed by atoms with Gasteiger partial charge in [0.1, 0.15) is 0 Å². The van der Waals surface area contributed by atoms with Crippen LogP contribution in [-0.4, -0.2) is 16.1 Å². The van der Waals surface area contributed by atoms with Crippen molar-refractivity contribution in [2.45, 2.75) is 25.7 Å². The van der Waals surface area contributed by atoms with Crippen molar-refractivity contribution >= 4 is 11.6 Å². The molecule has 1 N–H and O–H groups in total. The van der Waals surface area contributed by atoms with E-state index in [0.717, 1.165) is 42.5 Å². The summed E-state index contributed by atoms with van der Waals surface area (Å²) in [4.78, 5) is 12.2. The number of nitrogens with one attached hydrogen (secondary N) is 1. The zero-order valence-electron chi connectivity index (χ0n) is 13.8. The lowest BCUT2D eigenvalue weighted by Crippen LogP contribution is -2.20. The Bertz CT molecular complexity index is 850. The van der Waals surface area contributed by atoms with E-state index in [2.05, 4.69) is 15.5 Å². The highest BCUT2D eigenvalue weighted by Gasteiger charge is 2.22. The van der Waals surface area contributed by atoms with Crippen molar-refractivity contribution in [3.8, 4) is 22.9 Å². The molecule has 5 heteroatoms. The van der Waals surface area contributed by atoms with Crippen LogP contribution in [0.25, 0.3) is 22.9 Å². The highest BCUT2D eigenvalue weighted by molar-refractivity contribution is 5.92. The third-order valence-corrected chi connectivity index (χ3v) is 4.57. The van der Waals surface area contributed by atoms with Crippen LogP contribution in [0.1, 0.15) is 25.7 Å². The standard InChI is InChI=1S/C20H19N3O2/c24-18(14-6-4-5-7-14)21-17-12-10-16(11-13-17)20-23-22-19(25-20)15-8-2-1-3-9-15/h1-3,8-14H,4-7H2,(H,21,24). The molecule has 126 valence electrons. The van der Waals surface area contributed by atoms with Gasteiger partial charge in [0.25, 0.3) is 0 Å². The van der Waals surface area contributed by atoms with E-state index in [1.807, 2.05) is 54.6 Å². The number of hydrogen-bond donors (Lipinski definition) is 1. The molecular formula is C20H19N3O2. The fourth-order valence-electron chi connectivity index (χ4n) is 3.17. The summed E-state index contributed by atoms with van der Waals surface area (Å²) in [6, 6.07) is 17.2. The third kappa shape index (κ3) is 3.45. The first-order valence-corrected chi connectivity index (χ1v) is 8.60. The van der Waals surface area contributed by atoms with Gasteiger partial charge in [-0.05, 0) is 49.2 Å². The van der Waals surface area contributed by atoms with Crippen LogP contribution in [0.2, 0.25) is 0 Å². The molecule has 5 nitrogen and oxygen atoms in total. The van der Waals surface area contributed by atoms with Crippen molar-refractivity contribution in [2.24, 2.45) is 5.92 Å².